The van der Waals surface area contributed by atoms with Crippen LogP contribution in [0.1, 0.15) is 34.3 Å². The first-order chi connectivity index (χ1) is 14.3. The number of hydrogen-bond donors (Lipinski definition) is 1. The van der Waals surface area contributed by atoms with E-state index in [9.17, 15) is 14.7 Å². The lowest BCUT2D eigenvalue weighted by atomic mass is 9.99. The largest absolute Gasteiger partial charge is 0.507 e. The molecule has 0 bridgehead atoms. The Balaban J connectivity index is 1.97. The van der Waals surface area contributed by atoms with E-state index in [4.69, 9.17) is 16.0 Å². The van der Waals surface area contributed by atoms with Crippen molar-refractivity contribution < 1.29 is 19.1 Å². The highest BCUT2D eigenvalue weighted by Gasteiger charge is 2.48. The fourth-order valence-electron chi connectivity index (χ4n) is 3.85. The van der Waals surface area contributed by atoms with E-state index in [2.05, 4.69) is 0 Å². The van der Waals surface area contributed by atoms with Gasteiger partial charge in [0.1, 0.15) is 23.3 Å². The third-order valence-corrected chi connectivity index (χ3v) is 5.29. The summed E-state index contributed by atoms with van der Waals surface area (Å²) in [5.74, 6) is -0.747. The molecular weight excluding hydrogens is 402 g/mol. The molecule has 6 heteroatoms. The Labute approximate surface area is 179 Å². The van der Waals surface area contributed by atoms with Gasteiger partial charge in [-0.25, -0.2) is 0 Å². The van der Waals surface area contributed by atoms with Crippen molar-refractivity contribution in [2.45, 2.75) is 26.8 Å². The Morgan fingerprint density at radius 3 is 2.30 bits per heavy atom. The highest BCUT2D eigenvalue weighted by Crippen LogP contribution is 2.43. The van der Waals surface area contributed by atoms with Crippen molar-refractivity contribution in [1.29, 1.82) is 0 Å². The molecule has 152 valence electrons. The maximum atomic E-state index is 13.1. The van der Waals surface area contributed by atoms with Crippen LogP contribution in [0.5, 0.6) is 0 Å². The van der Waals surface area contributed by atoms with Crippen molar-refractivity contribution in [1.82, 2.24) is 0 Å². The number of Topliss-reactive ketones (excluding diaryl/α,β-unsaturated/α-hetero) is 1. The number of aliphatic hydroxyl groups is 1. The van der Waals surface area contributed by atoms with Crippen LogP contribution in [0.25, 0.3) is 5.76 Å². The molecule has 1 aromatic heterocycles. The molecule has 1 atom stereocenters. The lowest BCUT2D eigenvalue weighted by Crippen LogP contribution is -2.29. The lowest BCUT2D eigenvalue weighted by Gasteiger charge is -2.24. The third kappa shape index (κ3) is 3.42. The summed E-state index contributed by atoms with van der Waals surface area (Å²) in [7, 11) is 0. The van der Waals surface area contributed by atoms with Gasteiger partial charge in [-0.15, -0.1) is 0 Å². The smallest absolute Gasteiger partial charge is 0.300 e. The number of halogens is 1. The standard InChI is InChI=1S/C24H20ClNO4/c1-13-9-14(2)11-18(10-13)26-21(19-8-7-15(3)30-19)20(23(28)24(26)29)22(27)16-5-4-6-17(25)12-16/h4-12,21,27H,1-3H3/b22-20-. The quantitative estimate of drug-likeness (QED) is 0.345. The third-order valence-electron chi connectivity index (χ3n) is 5.06. The van der Waals surface area contributed by atoms with Crippen LogP contribution in [0, 0.1) is 20.8 Å². The zero-order valence-corrected chi connectivity index (χ0v) is 17.5. The van der Waals surface area contributed by atoms with Gasteiger partial charge in [-0.3, -0.25) is 14.5 Å². The van der Waals surface area contributed by atoms with Gasteiger partial charge in [0.2, 0.25) is 0 Å². The second-order valence-electron chi connectivity index (χ2n) is 7.47. The summed E-state index contributed by atoms with van der Waals surface area (Å²) in [5, 5.41) is 11.4. The minimum atomic E-state index is -0.890. The molecule has 3 aromatic rings. The van der Waals surface area contributed by atoms with Gasteiger partial charge in [0.15, 0.2) is 0 Å². The summed E-state index contributed by atoms with van der Waals surface area (Å²) in [6.45, 7) is 5.62. The second-order valence-corrected chi connectivity index (χ2v) is 7.91. The number of aryl methyl sites for hydroxylation is 3. The Bertz CT molecular complexity index is 1190. The monoisotopic (exact) mass is 421 g/mol. The molecule has 1 aliphatic rings. The number of rotatable bonds is 3. The number of furan rings is 1. The zero-order valence-electron chi connectivity index (χ0n) is 16.8. The van der Waals surface area contributed by atoms with E-state index in [1.807, 2.05) is 32.0 Å². The molecule has 1 fully saturated rings. The number of nitrogens with zero attached hydrogens (tertiary/aromatic N) is 1. The van der Waals surface area contributed by atoms with Crippen molar-refractivity contribution in [3.63, 3.8) is 0 Å². The molecule has 1 amide bonds. The number of anilines is 1. The average Bonchev–Trinajstić information content (AvgIpc) is 3.22. The van der Waals surface area contributed by atoms with Crippen molar-refractivity contribution >= 4 is 34.7 Å². The fraction of sp³-hybridized carbons (Fsp3) is 0.167. The molecular formula is C24H20ClNO4. The number of carbonyl (C=O) groups excluding carboxylic acids is 2. The summed E-state index contributed by atoms with van der Waals surface area (Å²) in [4.78, 5) is 27.5. The maximum absolute atomic E-state index is 13.1. The van der Waals surface area contributed by atoms with Crippen LogP contribution in [-0.2, 0) is 9.59 Å². The van der Waals surface area contributed by atoms with Crippen molar-refractivity contribution in [3.05, 3.63) is 93.4 Å². The van der Waals surface area contributed by atoms with E-state index in [0.717, 1.165) is 11.1 Å². The normalized spacial score (nSPS) is 18.3. The van der Waals surface area contributed by atoms with Crippen molar-refractivity contribution in [2.75, 3.05) is 4.90 Å². The number of amides is 1. The molecule has 1 N–H and O–H groups in total. The van der Waals surface area contributed by atoms with Gasteiger partial charge in [-0.1, -0.05) is 29.8 Å². The van der Waals surface area contributed by atoms with E-state index in [0.29, 0.717) is 27.8 Å². The Kier molecular flexibility index (Phi) is 5.00. The summed E-state index contributed by atoms with van der Waals surface area (Å²) in [6.07, 6.45) is 0. The lowest BCUT2D eigenvalue weighted by molar-refractivity contribution is -0.132. The van der Waals surface area contributed by atoms with E-state index < -0.39 is 17.7 Å². The molecule has 0 spiro atoms. The van der Waals surface area contributed by atoms with Crippen LogP contribution in [0.2, 0.25) is 5.02 Å². The second kappa shape index (κ2) is 7.50. The summed E-state index contributed by atoms with van der Waals surface area (Å²) in [5.41, 5.74) is 2.80. The molecule has 0 radical (unpaired) electrons. The Morgan fingerprint density at radius 2 is 1.70 bits per heavy atom. The molecule has 2 heterocycles. The number of hydrogen-bond acceptors (Lipinski definition) is 4. The van der Waals surface area contributed by atoms with Crippen LogP contribution in [0.4, 0.5) is 5.69 Å². The first kappa shape index (κ1) is 20.0. The topological polar surface area (TPSA) is 70.8 Å². The van der Waals surface area contributed by atoms with E-state index in [1.54, 1.807) is 43.3 Å². The number of ketones is 1. The molecule has 1 unspecified atom stereocenters. The number of carbonyl (C=O) groups is 2. The van der Waals surface area contributed by atoms with E-state index in [1.165, 1.54) is 4.90 Å². The van der Waals surface area contributed by atoms with Crippen LogP contribution in [0.15, 0.2) is 64.6 Å². The molecule has 30 heavy (non-hydrogen) atoms. The first-order valence-corrected chi connectivity index (χ1v) is 9.85. The molecule has 5 nitrogen and oxygen atoms in total. The number of benzene rings is 2. The van der Waals surface area contributed by atoms with Crippen LogP contribution in [-0.4, -0.2) is 16.8 Å². The minimum absolute atomic E-state index is 0.0317. The van der Waals surface area contributed by atoms with Gasteiger partial charge in [0, 0.05) is 16.3 Å². The fourth-order valence-corrected chi connectivity index (χ4v) is 4.04. The molecule has 0 saturated carbocycles. The molecule has 4 rings (SSSR count). The predicted octanol–water partition coefficient (Wildman–Crippen LogP) is 5.48. The van der Waals surface area contributed by atoms with Gasteiger partial charge < -0.3 is 9.52 Å². The zero-order chi connectivity index (χ0) is 21.6. The van der Waals surface area contributed by atoms with Crippen LogP contribution in [0.3, 0.4) is 0 Å². The number of aliphatic hydroxyl groups excluding tert-OH is 1. The van der Waals surface area contributed by atoms with Crippen molar-refractivity contribution in [3.8, 4) is 0 Å². The SMILES string of the molecule is Cc1cc(C)cc(N2C(=O)C(=O)/C(=C(\O)c3cccc(Cl)c3)C2c2ccc(C)o2)c1. The Morgan fingerprint density at radius 1 is 1.00 bits per heavy atom. The summed E-state index contributed by atoms with van der Waals surface area (Å²) >= 11 is 6.06. The van der Waals surface area contributed by atoms with E-state index in [-0.39, 0.29) is 11.3 Å². The highest BCUT2D eigenvalue weighted by atomic mass is 35.5. The van der Waals surface area contributed by atoms with Crippen molar-refractivity contribution in [2.24, 2.45) is 0 Å². The average molecular weight is 422 g/mol. The van der Waals surface area contributed by atoms with Gasteiger partial charge in [-0.05, 0) is 68.3 Å². The summed E-state index contributed by atoms with van der Waals surface area (Å²) in [6, 6.07) is 14.8. The minimum Gasteiger partial charge on any atom is -0.507 e. The first-order valence-electron chi connectivity index (χ1n) is 9.48. The van der Waals surface area contributed by atoms with Gasteiger partial charge in [0.05, 0.1) is 5.57 Å². The highest BCUT2D eigenvalue weighted by molar-refractivity contribution is 6.51. The van der Waals surface area contributed by atoms with Crippen LogP contribution < -0.4 is 4.90 Å². The molecule has 2 aromatic carbocycles. The van der Waals surface area contributed by atoms with Gasteiger partial charge >= 0.3 is 0 Å². The molecule has 1 saturated heterocycles. The molecule has 0 aliphatic carbocycles. The summed E-state index contributed by atoms with van der Waals surface area (Å²) < 4.78 is 5.80. The predicted molar refractivity (Wildman–Crippen MR) is 116 cm³/mol. The molecule has 1 aliphatic heterocycles. The maximum Gasteiger partial charge on any atom is 0.300 e. The Hall–Kier alpha value is -3.31. The van der Waals surface area contributed by atoms with Crippen LogP contribution >= 0.6 is 11.6 Å². The van der Waals surface area contributed by atoms with Gasteiger partial charge in [-0.2, -0.15) is 0 Å². The van der Waals surface area contributed by atoms with Gasteiger partial charge in [0.25, 0.3) is 11.7 Å². The van der Waals surface area contributed by atoms with E-state index >= 15 is 0 Å².